The number of hydrogen-bond donors (Lipinski definition) is 3. The molecule has 2 rings (SSSR count). The Morgan fingerprint density at radius 3 is 2.83 bits per heavy atom. The maximum Gasteiger partial charge on any atom is 0.251 e. The Morgan fingerprint density at radius 2 is 2.17 bits per heavy atom. The van der Waals surface area contributed by atoms with Crippen LogP contribution in [0.2, 0.25) is 5.15 Å². The largest absolute Gasteiger partial charge is 0.390 e. The van der Waals surface area contributed by atoms with Gasteiger partial charge in [-0.25, -0.2) is 4.98 Å². The molecule has 1 aliphatic rings. The molecule has 1 aromatic heterocycles. The van der Waals surface area contributed by atoms with Gasteiger partial charge in [0.15, 0.2) is 0 Å². The fraction of sp³-hybridized carbons (Fsp3) is 0.625. The molecule has 1 aliphatic heterocycles. The van der Waals surface area contributed by atoms with Crippen molar-refractivity contribution in [3.8, 4) is 0 Å². The molecule has 3 N–H and O–H groups in total. The highest BCUT2D eigenvalue weighted by Crippen LogP contribution is 2.16. The van der Waals surface area contributed by atoms with Crippen LogP contribution in [0.1, 0.15) is 30.1 Å². The molecule has 23 heavy (non-hydrogen) atoms. The van der Waals surface area contributed by atoms with Gasteiger partial charge in [0, 0.05) is 25.7 Å². The summed E-state index contributed by atoms with van der Waals surface area (Å²) in [5.74, 6) is 1.03. The molecule has 0 radical (unpaired) electrons. The summed E-state index contributed by atoms with van der Waals surface area (Å²) in [7, 11) is 1.71. The maximum absolute atomic E-state index is 12.2. The average Bonchev–Trinajstić information content (AvgIpc) is 2.54. The minimum Gasteiger partial charge on any atom is -0.390 e. The summed E-state index contributed by atoms with van der Waals surface area (Å²) in [5, 5.41) is 16.0. The zero-order valence-electron chi connectivity index (χ0n) is 13.7. The van der Waals surface area contributed by atoms with Crippen LogP contribution in [0.15, 0.2) is 12.1 Å². The van der Waals surface area contributed by atoms with Crippen molar-refractivity contribution in [2.75, 3.05) is 38.5 Å². The van der Waals surface area contributed by atoms with Crippen LogP contribution < -0.4 is 10.6 Å². The number of carbonyl (C=O) groups is 1. The third kappa shape index (κ3) is 5.64. The molecule has 1 aromatic rings. The molecule has 1 saturated heterocycles. The third-order valence-electron chi connectivity index (χ3n) is 4.16. The first-order chi connectivity index (χ1) is 11.0. The summed E-state index contributed by atoms with van der Waals surface area (Å²) >= 11 is 5.89. The molecule has 0 bridgehead atoms. The monoisotopic (exact) mass is 340 g/mol. The van der Waals surface area contributed by atoms with E-state index in [1.54, 1.807) is 13.1 Å². The lowest BCUT2D eigenvalue weighted by atomic mass is 9.99. The number of piperidine rings is 1. The lowest BCUT2D eigenvalue weighted by Gasteiger charge is -2.31. The SMILES string of the molecule is CNc1cc(C(=O)NCC(O)CN2CCC(C)CC2)cc(Cl)n1. The van der Waals surface area contributed by atoms with E-state index in [4.69, 9.17) is 11.6 Å². The molecule has 0 saturated carbocycles. The summed E-state index contributed by atoms with van der Waals surface area (Å²) in [4.78, 5) is 18.4. The van der Waals surface area contributed by atoms with Gasteiger partial charge in [0.1, 0.15) is 11.0 Å². The minimum absolute atomic E-state index is 0.222. The third-order valence-corrected chi connectivity index (χ3v) is 4.35. The molecule has 1 fully saturated rings. The number of nitrogens with zero attached hydrogens (tertiary/aromatic N) is 2. The van der Waals surface area contributed by atoms with E-state index in [1.165, 1.54) is 18.9 Å². The van der Waals surface area contributed by atoms with Crippen LogP contribution in [0.5, 0.6) is 0 Å². The van der Waals surface area contributed by atoms with E-state index in [-0.39, 0.29) is 17.6 Å². The number of anilines is 1. The first-order valence-corrected chi connectivity index (χ1v) is 8.39. The highest BCUT2D eigenvalue weighted by atomic mass is 35.5. The van der Waals surface area contributed by atoms with Crippen molar-refractivity contribution < 1.29 is 9.90 Å². The quantitative estimate of drug-likeness (QED) is 0.686. The van der Waals surface area contributed by atoms with E-state index >= 15 is 0 Å². The van der Waals surface area contributed by atoms with E-state index in [9.17, 15) is 9.90 Å². The van der Waals surface area contributed by atoms with Gasteiger partial charge in [-0.3, -0.25) is 4.79 Å². The number of aromatic nitrogens is 1. The summed E-state index contributed by atoms with van der Waals surface area (Å²) < 4.78 is 0. The number of halogens is 1. The first-order valence-electron chi connectivity index (χ1n) is 8.02. The predicted octanol–water partition coefficient (Wildman–Crippen LogP) is 1.60. The second-order valence-corrected chi connectivity index (χ2v) is 6.55. The highest BCUT2D eigenvalue weighted by molar-refractivity contribution is 6.29. The van der Waals surface area contributed by atoms with Gasteiger partial charge in [-0.1, -0.05) is 18.5 Å². The molecule has 1 unspecified atom stereocenters. The second-order valence-electron chi connectivity index (χ2n) is 6.16. The normalized spacial score (nSPS) is 17.7. The lowest BCUT2D eigenvalue weighted by Crippen LogP contribution is -2.43. The number of pyridine rings is 1. The second kappa shape index (κ2) is 8.47. The summed E-state index contributed by atoms with van der Waals surface area (Å²) in [6.45, 7) is 5.09. The molecule has 0 aromatic carbocycles. The van der Waals surface area contributed by atoms with Gasteiger partial charge in [-0.05, 0) is 44.0 Å². The minimum atomic E-state index is -0.576. The van der Waals surface area contributed by atoms with Crippen molar-refractivity contribution in [1.82, 2.24) is 15.2 Å². The zero-order valence-corrected chi connectivity index (χ0v) is 14.4. The van der Waals surface area contributed by atoms with Crippen molar-refractivity contribution in [1.29, 1.82) is 0 Å². The van der Waals surface area contributed by atoms with Crippen molar-refractivity contribution in [2.45, 2.75) is 25.9 Å². The number of likely N-dealkylation sites (tertiary alicyclic amines) is 1. The van der Waals surface area contributed by atoms with Crippen LogP contribution in [-0.2, 0) is 0 Å². The molecule has 0 spiro atoms. The summed E-state index contributed by atoms with van der Waals surface area (Å²) in [5.41, 5.74) is 0.424. The number of carbonyl (C=O) groups excluding carboxylic acids is 1. The van der Waals surface area contributed by atoms with E-state index in [1.807, 2.05) is 0 Å². The van der Waals surface area contributed by atoms with E-state index in [2.05, 4.69) is 27.4 Å². The van der Waals surface area contributed by atoms with E-state index in [0.717, 1.165) is 19.0 Å². The smallest absolute Gasteiger partial charge is 0.251 e. The number of rotatable bonds is 6. The number of hydrogen-bond acceptors (Lipinski definition) is 5. The van der Waals surface area contributed by atoms with Gasteiger partial charge in [-0.15, -0.1) is 0 Å². The number of β-amino-alcohol motifs (C(OH)–C–C–N with tert-alkyl or cyclic N) is 1. The molecular formula is C16H25ClN4O2. The van der Waals surface area contributed by atoms with Crippen LogP contribution >= 0.6 is 11.6 Å². The zero-order chi connectivity index (χ0) is 16.8. The molecular weight excluding hydrogens is 316 g/mol. The van der Waals surface area contributed by atoms with Crippen LogP contribution in [-0.4, -0.2) is 60.2 Å². The molecule has 6 nitrogen and oxygen atoms in total. The average molecular weight is 341 g/mol. The Hall–Kier alpha value is -1.37. The van der Waals surface area contributed by atoms with Crippen LogP contribution in [0.25, 0.3) is 0 Å². The number of nitrogens with one attached hydrogen (secondary N) is 2. The van der Waals surface area contributed by atoms with E-state index in [0.29, 0.717) is 17.9 Å². The van der Waals surface area contributed by atoms with E-state index < -0.39 is 6.10 Å². The summed E-state index contributed by atoms with van der Waals surface area (Å²) in [6, 6.07) is 3.13. The molecule has 0 aliphatic carbocycles. The van der Waals surface area contributed by atoms with Crippen molar-refractivity contribution >= 4 is 23.3 Å². The maximum atomic E-state index is 12.2. The summed E-state index contributed by atoms with van der Waals surface area (Å²) in [6.07, 6.45) is 1.76. The molecule has 128 valence electrons. The van der Waals surface area contributed by atoms with Crippen molar-refractivity contribution in [2.24, 2.45) is 5.92 Å². The molecule has 1 atom stereocenters. The Morgan fingerprint density at radius 1 is 1.48 bits per heavy atom. The topological polar surface area (TPSA) is 77.5 Å². The standard InChI is InChI=1S/C16H25ClN4O2/c1-11-3-5-21(6-4-11)10-13(22)9-19-16(23)12-7-14(17)20-15(8-12)18-2/h7-8,11,13,22H,3-6,9-10H2,1-2H3,(H,18,20)(H,19,23). The fourth-order valence-electron chi connectivity index (χ4n) is 2.68. The Kier molecular flexibility index (Phi) is 6.62. The highest BCUT2D eigenvalue weighted by Gasteiger charge is 2.19. The Balaban J connectivity index is 1.80. The molecule has 1 amide bonds. The lowest BCUT2D eigenvalue weighted by molar-refractivity contribution is 0.0795. The fourth-order valence-corrected chi connectivity index (χ4v) is 2.88. The van der Waals surface area contributed by atoms with Crippen molar-refractivity contribution in [3.63, 3.8) is 0 Å². The first kappa shape index (κ1) is 18.0. The molecule has 7 heteroatoms. The Bertz CT molecular complexity index is 533. The predicted molar refractivity (Wildman–Crippen MR) is 92.0 cm³/mol. The molecule has 2 heterocycles. The number of aliphatic hydroxyl groups excluding tert-OH is 1. The number of amides is 1. The van der Waals surface area contributed by atoms with Gasteiger partial charge >= 0.3 is 0 Å². The van der Waals surface area contributed by atoms with Crippen LogP contribution in [0, 0.1) is 5.92 Å². The van der Waals surface area contributed by atoms with Crippen LogP contribution in [0.3, 0.4) is 0 Å². The van der Waals surface area contributed by atoms with Crippen molar-refractivity contribution in [3.05, 3.63) is 22.8 Å². The van der Waals surface area contributed by atoms with Crippen LogP contribution in [0.4, 0.5) is 5.82 Å². The van der Waals surface area contributed by atoms with Gasteiger partial charge in [0.2, 0.25) is 0 Å². The van der Waals surface area contributed by atoms with Gasteiger partial charge < -0.3 is 20.6 Å². The Labute approximate surface area is 142 Å². The van der Waals surface area contributed by atoms with Gasteiger partial charge in [0.25, 0.3) is 5.91 Å². The van der Waals surface area contributed by atoms with Gasteiger partial charge in [0.05, 0.1) is 6.10 Å². The van der Waals surface area contributed by atoms with Gasteiger partial charge in [-0.2, -0.15) is 0 Å². The number of aliphatic hydroxyl groups is 1.